The Hall–Kier alpha value is -2.89. The number of methoxy groups -OCH3 is 2. The summed E-state index contributed by atoms with van der Waals surface area (Å²) in [4.78, 5) is 21.1. The van der Waals surface area contributed by atoms with Crippen molar-refractivity contribution in [2.75, 3.05) is 14.2 Å². The number of benzene rings is 1. The van der Waals surface area contributed by atoms with Gasteiger partial charge in [0, 0.05) is 12.2 Å². The molecule has 0 bridgehead atoms. The lowest BCUT2D eigenvalue weighted by Crippen LogP contribution is -2.03. The lowest BCUT2D eigenvalue weighted by molar-refractivity contribution is 0.0600. The highest BCUT2D eigenvalue weighted by Crippen LogP contribution is 2.43. The number of pyridine rings is 1. The van der Waals surface area contributed by atoms with Crippen LogP contribution in [0.2, 0.25) is 0 Å². The minimum atomic E-state index is -0.407. The van der Waals surface area contributed by atoms with E-state index in [4.69, 9.17) is 14.5 Å². The maximum Gasteiger partial charge on any atom is 0.338 e. The van der Waals surface area contributed by atoms with Gasteiger partial charge in [-0.25, -0.2) is 9.78 Å². The highest BCUT2D eigenvalue weighted by atomic mass is 16.5. The SMILES string of the molecule is COC(=O)c1cc(OC)c2c(c1)nc(-c1ccccn1)n2C1CC1. The summed E-state index contributed by atoms with van der Waals surface area (Å²) in [7, 11) is 2.96. The van der Waals surface area contributed by atoms with Crippen LogP contribution in [0.5, 0.6) is 5.75 Å². The van der Waals surface area contributed by atoms with Crippen molar-refractivity contribution in [1.29, 1.82) is 0 Å². The van der Waals surface area contributed by atoms with Crippen LogP contribution in [0.3, 0.4) is 0 Å². The van der Waals surface area contributed by atoms with Crippen LogP contribution in [0.25, 0.3) is 22.6 Å². The molecule has 0 aliphatic heterocycles. The first-order valence-electron chi connectivity index (χ1n) is 7.82. The van der Waals surface area contributed by atoms with E-state index in [1.54, 1.807) is 25.4 Å². The van der Waals surface area contributed by atoms with Gasteiger partial charge in [-0.2, -0.15) is 0 Å². The number of fused-ring (bicyclic) bond motifs is 1. The Morgan fingerprint density at radius 2 is 2.08 bits per heavy atom. The van der Waals surface area contributed by atoms with E-state index in [-0.39, 0.29) is 0 Å². The van der Waals surface area contributed by atoms with E-state index in [0.717, 1.165) is 29.9 Å². The van der Waals surface area contributed by atoms with Crippen molar-refractivity contribution in [2.45, 2.75) is 18.9 Å². The van der Waals surface area contributed by atoms with Gasteiger partial charge >= 0.3 is 5.97 Å². The van der Waals surface area contributed by atoms with Crippen molar-refractivity contribution in [1.82, 2.24) is 14.5 Å². The third kappa shape index (κ3) is 2.31. The molecule has 2 heterocycles. The molecule has 4 rings (SSSR count). The second-order valence-corrected chi connectivity index (χ2v) is 5.79. The molecule has 0 saturated heterocycles. The summed E-state index contributed by atoms with van der Waals surface area (Å²) >= 11 is 0. The van der Waals surface area contributed by atoms with E-state index < -0.39 is 5.97 Å². The number of nitrogens with zero attached hydrogens (tertiary/aromatic N) is 3. The van der Waals surface area contributed by atoms with E-state index >= 15 is 0 Å². The number of carbonyl (C=O) groups excluding carboxylic acids is 1. The van der Waals surface area contributed by atoms with Crippen molar-refractivity contribution >= 4 is 17.0 Å². The van der Waals surface area contributed by atoms with Gasteiger partial charge < -0.3 is 14.0 Å². The molecule has 2 aromatic heterocycles. The van der Waals surface area contributed by atoms with Gasteiger partial charge in [0.25, 0.3) is 0 Å². The first-order chi connectivity index (χ1) is 11.7. The van der Waals surface area contributed by atoms with Crippen molar-refractivity contribution < 1.29 is 14.3 Å². The summed E-state index contributed by atoms with van der Waals surface area (Å²) in [5, 5.41) is 0. The summed E-state index contributed by atoms with van der Waals surface area (Å²) in [5.74, 6) is 1.01. The maximum absolute atomic E-state index is 11.9. The van der Waals surface area contributed by atoms with Gasteiger partial charge in [0.05, 0.1) is 25.3 Å². The molecular formula is C18H17N3O3. The van der Waals surface area contributed by atoms with Crippen molar-refractivity contribution in [3.05, 3.63) is 42.1 Å². The topological polar surface area (TPSA) is 66.2 Å². The summed E-state index contributed by atoms with van der Waals surface area (Å²) in [6.07, 6.45) is 3.96. The molecule has 1 aliphatic rings. The molecule has 1 fully saturated rings. The molecule has 3 aromatic rings. The molecule has 0 spiro atoms. The van der Waals surface area contributed by atoms with Crippen LogP contribution in [0.1, 0.15) is 29.2 Å². The Kier molecular flexibility index (Phi) is 3.45. The van der Waals surface area contributed by atoms with Crippen LogP contribution >= 0.6 is 0 Å². The first kappa shape index (κ1) is 14.7. The van der Waals surface area contributed by atoms with Gasteiger partial charge in [-0.1, -0.05) is 6.07 Å². The number of ether oxygens (including phenoxy) is 2. The summed E-state index contributed by atoms with van der Waals surface area (Å²) < 4.78 is 12.5. The van der Waals surface area contributed by atoms with Gasteiger partial charge in [0.1, 0.15) is 17.0 Å². The van der Waals surface area contributed by atoms with Crippen molar-refractivity contribution in [2.24, 2.45) is 0 Å². The van der Waals surface area contributed by atoms with E-state index in [1.165, 1.54) is 7.11 Å². The van der Waals surface area contributed by atoms with Crippen LogP contribution in [0.4, 0.5) is 0 Å². The number of hydrogen-bond acceptors (Lipinski definition) is 5. The molecular weight excluding hydrogens is 306 g/mol. The fraction of sp³-hybridized carbons (Fsp3) is 0.278. The number of hydrogen-bond donors (Lipinski definition) is 0. The summed E-state index contributed by atoms with van der Waals surface area (Å²) in [6.45, 7) is 0. The van der Waals surface area contributed by atoms with Crippen LogP contribution < -0.4 is 4.74 Å². The van der Waals surface area contributed by atoms with Gasteiger partial charge in [-0.15, -0.1) is 0 Å². The quantitative estimate of drug-likeness (QED) is 0.690. The largest absolute Gasteiger partial charge is 0.494 e. The number of rotatable bonds is 4. The standard InChI is InChI=1S/C18H17N3O3/c1-23-15-10-11(18(22)24-2)9-14-16(15)21(12-6-7-12)17(20-14)13-5-3-4-8-19-13/h3-5,8-10,12H,6-7H2,1-2H3. The normalized spacial score (nSPS) is 13.9. The third-order valence-electron chi connectivity index (χ3n) is 4.20. The van der Waals surface area contributed by atoms with Gasteiger partial charge in [0.2, 0.25) is 0 Å². The fourth-order valence-corrected chi connectivity index (χ4v) is 2.95. The van der Waals surface area contributed by atoms with E-state index in [9.17, 15) is 4.79 Å². The number of esters is 1. The smallest absolute Gasteiger partial charge is 0.338 e. The number of aromatic nitrogens is 3. The average molecular weight is 323 g/mol. The first-order valence-corrected chi connectivity index (χ1v) is 7.82. The third-order valence-corrected chi connectivity index (χ3v) is 4.20. The molecule has 1 aromatic carbocycles. The molecule has 0 amide bonds. The molecule has 1 aliphatic carbocycles. The Labute approximate surface area is 139 Å². The minimum absolute atomic E-state index is 0.393. The predicted octanol–water partition coefficient (Wildman–Crippen LogP) is 3.23. The fourth-order valence-electron chi connectivity index (χ4n) is 2.95. The molecule has 6 heteroatoms. The number of carbonyl (C=O) groups is 1. The minimum Gasteiger partial charge on any atom is -0.494 e. The Morgan fingerprint density at radius 1 is 1.25 bits per heavy atom. The molecule has 6 nitrogen and oxygen atoms in total. The van der Waals surface area contributed by atoms with Crippen LogP contribution in [0.15, 0.2) is 36.5 Å². The maximum atomic E-state index is 11.9. The van der Waals surface area contributed by atoms with E-state index in [2.05, 4.69) is 9.55 Å². The van der Waals surface area contributed by atoms with Gasteiger partial charge in [0.15, 0.2) is 5.82 Å². The highest BCUT2D eigenvalue weighted by molar-refractivity contribution is 5.97. The molecule has 24 heavy (non-hydrogen) atoms. The predicted molar refractivity (Wildman–Crippen MR) is 89.1 cm³/mol. The molecule has 1 saturated carbocycles. The number of imidazole rings is 1. The molecule has 0 atom stereocenters. The molecule has 0 unspecified atom stereocenters. The van der Waals surface area contributed by atoms with Gasteiger partial charge in [-0.05, 0) is 37.1 Å². The van der Waals surface area contributed by atoms with Gasteiger partial charge in [-0.3, -0.25) is 4.98 Å². The zero-order chi connectivity index (χ0) is 16.7. The molecule has 0 N–H and O–H groups in total. The van der Waals surface area contributed by atoms with Crippen molar-refractivity contribution in [3.8, 4) is 17.3 Å². The van der Waals surface area contributed by atoms with E-state index in [0.29, 0.717) is 22.9 Å². The van der Waals surface area contributed by atoms with Crippen LogP contribution in [-0.4, -0.2) is 34.7 Å². The van der Waals surface area contributed by atoms with E-state index in [1.807, 2.05) is 18.2 Å². The zero-order valence-corrected chi connectivity index (χ0v) is 13.5. The van der Waals surface area contributed by atoms with Crippen molar-refractivity contribution in [3.63, 3.8) is 0 Å². The van der Waals surface area contributed by atoms with Crippen LogP contribution in [-0.2, 0) is 4.74 Å². The molecule has 0 radical (unpaired) electrons. The second kappa shape index (κ2) is 5.63. The second-order valence-electron chi connectivity index (χ2n) is 5.79. The molecule has 122 valence electrons. The summed E-state index contributed by atoms with van der Waals surface area (Å²) in [5.41, 5.74) is 2.84. The highest BCUT2D eigenvalue weighted by Gasteiger charge is 2.31. The Morgan fingerprint density at radius 3 is 2.71 bits per heavy atom. The Balaban J connectivity index is 2.01. The average Bonchev–Trinajstić information content (AvgIpc) is 3.40. The monoisotopic (exact) mass is 323 g/mol. The zero-order valence-electron chi connectivity index (χ0n) is 13.5. The lowest BCUT2D eigenvalue weighted by atomic mass is 10.2. The van der Waals surface area contributed by atoms with Crippen LogP contribution in [0, 0.1) is 0 Å². The Bertz CT molecular complexity index is 914. The summed E-state index contributed by atoms with van der Waals surface area (Å²) in [6, 6.07) is 9.60. The lowest BCUT2D eigenvalue weighted by Gasteiger charge is -2.10.